The molecule has 0 bridgehead atoms. The third-order valence-electron chi connectivity index (χ3n) is 14.3. The molecule has 0 aliphatic heterocycles. The van der Waals surface area contributed by atoms with Gasteiger partial charge in [-0.2, -0.15) is 0 Å². The number of rotatable bonds is 52. The van der Waals surface area contributed by atoms with Crippen molar-refractivity contribution < 1.29 is 76.6 Å². The van der Waals surface area contributed by atoms with Gasteiger partial charge in [0.05, 0.1) is 39.0 Å². The molecule has 1 saturated carbocycles. The fourth-order valence-corrected chi connectivity index (χ4v) is 9.36. The maximum atomic E-state index is 13.2. The lowest BCUT2D eigenvalue weighted by Crippen LogP contribution is -2.41. The Labute approximate surface area is 470 Å². The minimum Gasteiger partial charge on any atom is -0.465 e. The smallest absolute Gasteiger partial charge is 0.465 e. The number of hydrogen-bond donors (Lipinski definition) is 1. The molecule has 0 amide bonds. The monoisotopic (exact) mass is 1110 g/mol. The Kier molecular flexibility index (Phi) is 47.3. The fourth-order valence-electron chi connectivity index (χ4n) is 9.36. The van der Waals surface area contributed by atoms with Gasteiger partial charge in [-0.05, 0) is 64.2 Å². The van der Waals surface area contributed by atoms with Crippen LogP contribution in [-0.2, 0) is 66.7 Å². The zero-order valence-electron chi connectivity index (χ0n) is 49.4. The van der Waals surface area contributed by atoms with E-state index in [1.165, 1.54) is 6.42 Å². The van der Waals surface area contributed by atoms with Crippen molar-refractivity contribution in [2.75, 3.05) is 72.6 Å². The zero-order valence-corrected chi connectivity index (χ0v) is 49.4. The van der Waals surface area contributed by atoms with E-state index in [0.29, 0.717) is 70.5 Å². The van der Waals surface area contributed by atoms with E-state index in [2.05, 4.69) is 32.6 Å². The molecular weight excluding hydrogens is 1000 g/mol. The number of aliphatic hydroxyl groups excluding tert-OH is 1. The number of esters is 6. The van der Waals surface area contributed by atoms with Crippen LogP contribution >= 0.6 is 0 Å². The molecule has 0 atom stereocenters. The Bertz CT molecular complexity index is 1390. The van der Waals surface area contributed by atoms with Crippen LogP contribution in [0.2, 0.25) is 0 Å². The topological polar surface area (TPSA) is 217 Å². The van der Waals surface area contributed by atoms with Gasteiger partial charge >= 0.3 is 42.0 Å². The van der Waals surface area contributed by atoms with Crippen molar-refractivity contribution >= 4 is 42.0 Å². The van der Waals surface area contributed by atoms with Crippen LogP contribution in [0.1, 0.15) is 252 Å². The van der Waals surface area contributed by atoms with Crippen LogP contribution in [-0.4, -0.2) is 131 Å². The summed E-state index contributed by atoms with van der Waals surface area (Å²) < 4.78 is 44.5. The third-order valence-corrected chi connectivity index (χ3v) is 14.3. The van der Waals surface area contributed by atoms with Crippen molar-refractivity contribution in [3.8, 4) is 0 Å². The van der Waals surface area contributed by atoms with Crippen molar-refractivity contribution in [1.82, 2.24) is 4.90 Å². The molecule has 0 saturated heterocycles. The van der Waals surface area contributed by atoms with E-state index < -0.39 is 24.0 Å². The van der Waals surface area contributed by atoms with Gasteiger partial charge in [-0.15, -0.1) is 0 Å². The molecule has 0 aromatic heterocycles. The van der Waals surface area contributed by atoms with Gasteiger partial charge in [-0.3, -0.25) is 33.7 Å². The predicted octanol–water partition coefficient (Wildman–Crippen LogP) is 12.7. The number of carbonyl (C=O) groups is 7. The normalized spacial score (nSPS) is 12.7. The first-order valence-electron chi connectivity index (χ1n) is 31.0. The average Bonchev–Trinajstić information content (AvgIpc) is 3.43. The highest BCUT2D eigenvalue weighted by molar-refractivity contribution is 5.71. The minimum absolute atomic E-state index is 0.00579. The highest BCUT2D eigenvalue weighted by Crippen LogP contribution is 2.23. The second kappa shape index (κ2) is 51.2. The van der Waals surface area contributed by atoms with E-state index in [-0.39, 0.29) is 108 Å². The number of nitrogens with zero attached hydrogens (tertiary/aromatic N) is 1. The Morgan fingerprint density at radius 1 is 0.372 bits per heavy atom. The molecule has 0 aromatic rings. The number of aliphatic hydroxyl groups is 1. The first kappa shape index (κ1) is 72.0. The van der Waals surface area contributed by atoms with Gasteiger partial charge in [0.1, 0.15) is 26.4 Å². The number of ether oxygens (including phenoxy) is 8. The Balaban J connectivity index is 2.93. The van der Waals surface area contributed by atoms with Crippen LogP contribution in [0.25, 0.3) is 0 Å². The van der Waals surface area contributed by atoms with E-state index in [1.54, 1.807) is 0 Å². The predicted molar refractivity (Wildman–Crippen MR) is 300 cm³/mol. The van der Waals surface area contributed by atoms with Gasteiger partial charge in [-0.1, -0.05) is 150 Å². The molecule has 0 unspecified atom stereocenters. The maximum Gasteiger partial charge on any atom is 0.508 e. The molecule has 1 aliphatic rings. The summed E-state index contributed by atoms with van der Waals surface area (Å²) in [6, 6.07) is 0.316. The molecule has 1 aliphatic carbocycles. The Morgan fingerprint density at radius 2 is 0.679 bits per heavy atom. The van der Waals surface area contributed by atoms with Gasteiger partial charge in [0.25, 0.3) is 0 Å². The van der Waals surface area contributed by atoms with Gasteiger partial charge in [0.15, 0.2) is 0 Å². The van der Waals surface area contributed by atoms with Crippen molar-refractivity contribution in [1.29, 1.82) is 0 Å². The van der Waals surface area contributed by atoms with Gasteiger partial charge < -0.3 is 43.0 Å². The summed E-state index contributed by atoms with van der Waals surface area (Å²) in [4.78, 5) is 91.6. The summed E-state index contributed by atoms with van der Waals surface area (Å²) in [7, 11) is 0. The van der Waals surface area contributed by atoms with Gasteiger partial charge in [0, 0.05) is 69.5 Å². The number of carbonyl (C=O) groups excluding carboxylic acids is 7. The number of unbranched alkanes of at least 4 members (excludes halogenated alkanes) is 16. The second-order valence-electron chi connectivity index (χ2n) is 21.6. The molecule has 1 rings (SSSR count). The average molecular weight is 1110 g/mol. The van der Waals surface area contributed by atoms with Crippen LogP contribution in [0.15, 0.2) is 0 Å². The van der Waals surface area contributed by atoms with Crippen molar-refractivity contribution in [2.24, 2.45) is 17.8 Å². The van der Waals surface area contributed by atoms with Crippen LogP contribution in [0.3, 0.4) is 0 Å². The zero-order chi connectivity index (χ0) is 57.1. The van der Waals surface area contributed by atoms with Crippen LogP contribution < -0.4 is 0 Å². The Morgan fingerprint density at radius 3 is 1.01 bits per heavy atom. The standard InChI is InChI=1S/C61H109NO16/c1-5-9-13-17-24-34-55(64)72-44-51(45-73-56(65)35-25-18-14-10-6-2)30-28-38-59(68)76-48-53(50-78-61(70)71-43-41-62(40-42-63)54-32-22-21-23-33-54)49-77-60(69)39-29-31-52(46-74-57(66)36-26-19-15-11-7-3)47-75-58(67)37-27-20-16-12-8-4/h51-54,63H,5-50H2,1-4H3. The largest absolute Gasteiger partial charge is 0.508 e. The van der Waals surface area contributed by atoms with Crippen molar-refractivity contribution in [3.05, 3.63) is 0 Å². The first-order valence-corrected chi connectivity index (χ1v) is 31.0. The fraction of sp³-hybridized carbons (Fsp3) is 0.885. The summed E-state index contributed by atoms with van der Waals surface area (Å²) in [5.41, 5.74) is 0. The second-order valence-corrected chi connectivity index (χ2v) is 21.6. The molecular formula is C61H109NO16. The van der Waals surface area contributed by atoms with Crippen molar-refractivity contribution in [3.63, 3.8) is 0 Å². The lowest BCUT2D eigenvalue weighted by molar-refractivity contribution is -0.153. The van der Waals surface area contributed by atoms with Gasteiger partial charge in [0.2, 0.25) is 0 Å². The molecule has 17 heteroatoms. The SMILES string of the molecule is CCCCCCCC(=O)OCC(CCCC(=O)OCC(COC(=O)CCCC(COC(=O)CCCCCCC)COC(=O)CCCCCCC)COC(=O)OCCN(CCO)C1CCCCC1)COC(=O)CCCCCCC. The lowest BCUT2D eigenvalue weighted by Gasteiger charge is -2.33. The molecule has 0 radical (unpaired) electrons. The van der Waals surface area contributed by atoms with Crippen LogP contribution in [0.5, 0.6) is 0 Å². The molecule has 0 aromatic carbocycles. The first-order chi connectivity index (χ1) is 37.9. The highest BCUT2D eigenvalue weighted by Gasteiger charge is 2.24. The van der Waals surface area contributed by atoms with Crippen LogP contribution in [0.4, 0.5) is 4.79 Å². The van der Waals surface area contributed by atoms with Gasteiger partial charge in [-0.25, -0.2) is 4.79 Å². The summed E-state index contributed by atoms with van der Waals surface area (Å²) >= 11 is 0. The van der Waals surface area contributed by atoms with E-state index in [1.807, 2.05) is 0 Å². The van der Waals surface area contributed by atoms with E-state index in [9.17, 15) is 38.7 Å². The number of hydrogen-bond acceptors (Lipinski definition) is 17. The summed E-state index contributed by atoms with van der Waals surface area (Å²) in [6.07, 6.45) is 27.4. The van der Waals surface area contributed by atoms with E-state index >= 15 is 0 Å². The highest BCUT2D eigenvalue weighted by atomic mass is 16.7. The van der Waals surface area contributed by atoms with Crippen molar-refractivity contribution in [2.45, 2.75) is 258 Å². The molecule has 1 N–H and O–H groups in total. The summed E-state index contributed by atoms with van der Waals surface area (Å²) in [6.45, 7) is 9.04. The third kappa shape index (κ3) is 42.9. The van der Waals surface area contributed by atoms with E-state index in [4.69, 9.17) is 37.9 Å². The summed E-state index contributed by atoms with van der Waals surface area (Å²) in [5.74, 6) is -3.63. The molecule has 17 nitrogen and oxygen atoms in total. The summed E-state index contributed by atoms with van der Waals surface area (Å²) in [5, 5.41) is 9.66. The minimum atomic E-state index is -0.925. The maximum absolute atomic E-state index is 13.2. The lowest BCUT2D eigenvalue weighted by atomic mass is 9.94. The molecule has 454 valence electrons. The molecule has 0 spiro atoms. The Hall–Kier alpha value is -3.99. The van der Waals surface area contributed by atoms with E-state index in [0.717, 1.165) is 154 Å². The quantitative estimate of drug-likeness (QED) is 0.0340. The molecule has 0 heterocycles. The molecule has 1 fully saturated rings. The van der Waals surface area contributed by atoms with Crippen LogP contribution in [0, 0.1) is 17.8 Å². The molecule has 78 heavy (non-hydrogen) atoms.